The van der Waals surface area contributed by atoms with Crippen LogP contribution in [0.3, 0.4) is 0 Å². The number of ether oxygens (including phenoxy) is 2. The number of hydrogen-bond donors (Lipinski definition) is 2. The Morgan fingerprint density at radius 3 is 2.11 bits per heavy atom. The predicted octanol–water partition coefficient (Wildman–Crippen LogP) is 5.14. The number of carbonyl (C=O) groups is 3. The highest BCUT2D eigenvalue weighted by Crippen LogP contribution is 2.27. The van der Waals surface area contributed by atoms with Crippen molar-refractivity contribution in [2.24, 2.45) is 5.16 Å². The summed E-state index contributed by atoms with van der Waals surface area (Å²) in [5.41, 5.74) is 0.0103. The maximum atomic E-state index is 12.7. The molecule has 0 radical (unpaired) electrons. The summed E-state index contributed by atoms with van der Waals surface area (Å²) in [6.45, 7) is 8.61. The molecule has 1 amide bonds. The maximum absolute atomic E-state index is 12.7. The van der Waals surface area contributed by atoms with E-state index in [1.807, 2.05) is 36.4 Å². The lowest BCUT2D eigenvalue weighted by Gasteiger charge is -2.19. The van der Waals surface area contributed by atoms with E-state index in [-0.39, 0.29) is 10.8 Å². The predicted molar refractivity (Wildman–Crippen MR) is 137 cm³/mol. The summed E-state index contributed by atoms with van der Waals surface area (Å²) >= 11 is 0.957. The van der Waals surface area contributed by atoms with Crippen LogP contribution in [0.1, 0.15) is 43.7 Å². The van der Waals surface area contributed by atoms with E-state index in [2.05, 4.69) is 22.0 Å². The summed E-state index contributed by atoms with van der Waals surface area (Å²) in [6, 6.07) is 18.2. The van der Waals surface area contributed by atoms with Crippen molar-refractivity contribution >= 4 is 40.2 Å². The second-order valence-corrected chi connectivity index (χ2v) is 9.39. The molecule has 0 unspecified atom stereocenters. The number of hydrogen-bond acceptors (Lipinski definition) is 9. The van der Waals surface area contributed by atoms with E-state index in [0.29, 0.717) is 0 Å². The smallest absolute Gasteiger partial charge is 0.413 e. The van der Waals surface area contributed by atoms with Gasteiger partial charge in [-0.05, 0) is 38.5 Å². The van der Waals surface area contributed by atoms with Gasteiger partial charge in [0.15, 0.2) is 11.2 Å². The van der Waals surface area contributed by atoms with Gasteiger partial charge >= 0.3 is 18.0 Å². The number of thiazole rings is 1. The molecule has 0 saturated heterocycles. The average molecular weight is 524 g/mol. The van der Waals surface area contributed by atoms with Gasteiger partial charge in [0.1, 0.15) is 11.3 Å². The minimum atomic E-state index is -1.47. The number of carbonyl (C=O) groups excluding carboxylic acids is 2. The first kappa shape index (κ1) is 27.1. The van der Waals surface area contributed by atoms with Crippen molar-refractivity contribution in [1.29, 1.82) is 0 Å². The molecule has 2 N–H and O–H groups in total. The Balaban J connectivity index is 1.71. The molecule has 0 atom stereocenters. The normalized spacial score (nSPS) is 11.5. The standard InChI is InChI=1S/C26H25N3O7S/c1-16(23(32)34-21(17-11-7-5-8-12-17)18-13-9-6-10-14-18)36-29-20(22(30)31)19-15-37-24(27-19)28-25(33)35-26(2,3)4/h5-15,21H,1H2,2-4H3,(H,30,31)(H,27,28,33)/b29-20-. The Morgan fingerprint density at radius 1 is 1.03 bits per heavy atom. The van der Waals surface area contributed by atoms with Crippen molar-refractivity contribution in [2.75, 3.05) is 5.32 Å². The van der Waals surface area contributed by atoms with Crippen molar-refractivity contribution in [1.82, 2.24) is 4.98 Å². The van der Waals surface area contributed by atoms with Crippen molar-refractivity contribution < 1.29 is 33.8 Å². The first-order chi connectivity index (χ1) is 17.5. The number of carboxylic acid groups (broad SMARTS) is 1. The third-order valence-electron chi connectivity index (χ3n) is 4.46. The summed E-state index contributed by atoms with van der Waals surface area (Å²) in [7, 11) is 0. The Bertz CT molecular complexity index is 1260. The topological polar surface area (TPSA) is 136 Å². The highest BCUT2D eigenvalue weighted by molar-refractivity contribution is 7.14. The number of nitrogens with zero attached hydrogens (tertiary/aromatic N) is 2. The van der Waals surface area contributed by atoms with Gasteiger partial charge < -0.3 is 19.4 Å². The molecule has 0 bridgehead atoms. The second kappa shape index (κ2) is 12.0. The van der Waals surface area contributed by atoms with Crippen LogP contribution in [-0.2, 0) is 23.9 Å². The molecule has 11 heteroatoms. The van der Waals surface area contributed by atoms with Crippen molar-refractivity contribution in [3.63, 3.8) is 0 Å². The lowest BCUT2D eigenvalue weighted by Crippen LogP contribution is -2.27. The molecule has 1 heterocycles. The number of nitrogens with one attached hydrogen (secondary N) is 1. The molecule has 3 aromatic rings. The molecule has 10 nitrogen and oxygen atoms in total. The third kappa shape index (κ3) is 8.00. The fourth-order valence-electron chi connectivity index (χ4n) is 2.92. The minimum absolute atomic E-state index is 0.0880. The molecule has 0 saturated carbocycles. The zero-order valence-electron chi connectivity index (χ0n) is 20.3. The van der Waals surface area contributed by atoms with Crippen molar-refractivity contribution in [3.8, 4) is 0 Å². The van der Waals surface area contributed by atoms with E-state index in [9.17, 15) is 19.5 Å². The Labute approximate surface area is 217 Å². The number of rotatable bonds is 9. The zero-order chi connectivity index (χ0) is 27.0. The minimum Gasteiger partial charge on any atom is -0.476 e. The zero-order valence-corrected chi connectivity index (χ0v) is 21.2. The number of aromatic nitrogens is 1. The van der Waals surface area contributed by atoms with Crippen LogP contribution in [-0.4, -0.2) is 39.4 Å². The van der Waals surface area contributed by atoms with Crippen LogP contribution >= 0.6 is 11.3 Å². The molecule has 0 aliphatic heterocycles. The summed E-state index contributed by atoms with van der Waals surface area (Å²) in [4.78, 5) is 45.4. The Morgan fingerprint density at radius 2 is 1.59 bits per heavy atom. The number of carboxylic acids is 1. The van der Waals surface area contributed by atoms with Crippen LogP contribution in [0.4, 0.5) is 9.93 Å². The van der Waals surface area contributed by atoms with Gasteiger partial charge in [0.2, 0.25) is 11.5 Å². The van der Waals surface area contributed by atoms with Gasteiger partial charge in [0, 0.05) is 5.38 Å². The van der Waals surface area contributed by atoms with Gasteiger partial charge in [0.05, 0.1) is 0 Å². The van der Waals surface area contributed by atoms with Crippen LogP contribution in [0.25, 0.3) is 0 Å². The number of esters is 1. The molecule has 192 valence electrons. The largest absolute Gasteiger partial charge is 0.476 e. The third-order valence-corrected chi connectivity index (χ3v) is 5.22. The Hall–Kier alpha value is -4.51. The van der Waals surface area contributed by atoms with Gasteiger partial charge in [-0.2, -0.15) is 0 Å². The Kier molecular flexibility index (Phi) is 8.75. The molecular formula is C26H25N3O7S. The summed E-state index contributed by atoms with van der Waals surface area (Å²) in [6.07, 6.45) is -1.50. The van der Waals surface area contributed by atoms with E-state index in [0.717, 1.165) is 22.5 Å². The number of benzene rings is 2. The van der Waals surface area contributed by atoms with Gasteiger partial charge in [-0.3, -0.25) is 5.32 Å². The lowest BCUT2D eigenvalue weighted by molar-refractivity contribution is -0.147. The van der Waals surface area contributed by atoms with E-state index in [4.69, 9.17) is 14.3 Å². The highest BCUT2D eigenvalue weighted by atomic mass is 32.1. The fourth-order valence-corrected chi connectivity index (χ4v) is 3.60. The first-order valence-electron chi connectivity index (χ1n) is 11.0. The van der Waals surface area contributed by atoms with Crippen molar-refractivity contribution in [2.45, 2.75) is 32.5 Å². The van der Waals surface area contributed by atoms with Crippen LogP contribution < -0.4 is 5.32 Å². The van der Waals surface area contributed by atoms with E-state index >= 15 is 0 Å². The van der Waals surface area contributed by atoms with Crippen LogP contribution in [0, 0.1) is 0 Å². The average Bonchev–Trinajstić information content (AvgIpc) is 3.29. The molecule has 1 aromatic heterocycles. The molecule has 0 aliphatic carbocycles. The highest BCUT2D eigenvalue weighted by Gasteiger charge is 2.24. The molecule has 0 fully saturated rings. The first-order valence-corrected chi connectivity index (χ1v) is 11.9. The summed E-state index contributed by atoms with van der Waals surface area (Å²) < 4.78 is 10.8. The molecule has 0 spiro atoms. The van der Waals surface area contributed by atoms with E-state index in [1.54, 1.807) is 45.0 Å². The quantitative estimate of drug-likeness (QED) is 0.129. The molecule has 0 aliphatic rings. The number of anilines is 1. The van der Waals surface area contributed by atoms with Crippen LogP contribution in [0.15, 0.2) is 83.5 Å². The van der Waals surface area contributed by atoms with Gasteiger partial charge in [-0.1, -0.05) is 65.8 Å². The van der Waals surface area contributed by atoms with Crippen LogP contribution in [0.2, 0.25) is 0 Å². The monoisotopic (exact) mass is 523 g/mol. The van der Waals surface area contributed by atoms with E-state index < -0.39 is 41.2 Å². The number of oxime groups is 1. The molecule has 3 rings (SSSR count). The summed E-state index contributed by atoms with van der Waals surface area (Å²) in [5.74, 6) is -2.93. The van der Waals surface area contributed by atoms with Crippen molar-refractivity contribution in [3.05, 3.63) is 95.2 Å². The van der Waals surface area contributed by atoms with Gasteiger partial charge in [-0.25, -0.2) is 19.4 Å². The molecule has 2 aromatic carbocycles. The van der Waals surface area contributed by atoms with Gasteiger partial charge in [0.25, 0.3) is 0 Å². The SMILES string of the molecule is C=C(O/N=C(\C(=O)O)c1csc(NC(=O)OC(C)(C)C)n1)C(=O)OC(c1ccccc1)c1ccccc1. The second-order valence-electron chi connectivity index (χ2n) is 8.53. The van der Waals surface area contributed by atoms with Gasteiger partial charge in [-0.15, -0.1) is 11.3 Å². The lowest BCUT2D eigenvalue weighted by atomic mass is 10.0. The number of aliphatic carboxylic acids is 1. The van der Waals surface area contributed by atoms with E-state index in [1.165, 1.54) is 5.38 Å². The maximum Gasteiger partial charge on any atom is 0.413 e. The fraction of sp³-hybridized carbons (Fsp3) is 0.192. The molecular weight excluding hydrogens is 498 g/mol. The molecule has 37 heavy (non-hydrogen) atoms. The number of amides is 1. The van der Waals surface area contributed by atoms with Crippen LogP contribution in [0.5, 0.6) is 0 Å². The summed E-state index contributed by atoms with van der Waals surface area (Å²) in [5, 5.41) is 17.0.